The second-order valence-electron chi connectivity index (χ2n) is 10.2. The fourth-order valence-corrected chi connectivity index (χ4v) is 6.49. The van der Waals surface area contributed by atoms with Gasteiger partial charge in [-0.3, -0.25) is 14.6 Å². The van der Waals surface area contributed by atoms with Crippen LogP contribution in [-0.2, 0) is 6.61 Å². The Morgan fingerprint density at radius 3 is 2.18 bits per heavy atom. The summed E-state index contributed by atoms with van der Waals surface area (Å²) >= 11 is 0. The molecule has 1 aromatic heterocycles. The molecule has 4 aliphatic rings. The molecule has 0 aliphatic heterocycles. The standard InChI is InChI=1S/C26H30N4O4/c1-15-23(32)22(21(14-31)12-27-15)13-28-30-25(34)20-4-2-19(3-5-20)24(33)29-26-9-16-6-17(10-26)8-18(7-16)11-26/h2-5,12-13,16-18,31-32H,6-11,14H2,1H3,(H,29,33)(H,30,34)/b28-13+. The third kappa shape index (κ3) is 4.30. The van der Waals surface area contributed by atoms with Crippen LogP contribution in [0.3, 0.4) is 0 Å². The molecular formula is C26H30N4O4. The van der Waals surface area contributed by atoms with Crippen LogP contribution in [0.1, 0.15) is 76.1 Å². The second kappa shape index (κ2) is 8.83. The number of hydrogen-bond donors (Lipinski definition) is 4. The summed E-state index contributed by atoms with van der Waals surface area (Å²) < 4.78 is 0. The number of nitrogens with one attached hydrogen (secondary N) is 2. The first-order chi connectivity index (χ1) is 16.4. The fraction of sp³-hybridized carbons (Fsp3) is 0.462. The average Bonchev–Trinajstić information content (AvgIpc) is 2.80. The highest BCUT2D eigenvalue weighted by atomic mass is 16.3. The summed E-state index contributed by atoms with van der Waals surface area (Å²) in [6.07, 6.45) is 9.97. The van der Waals surface area contributed by atoms with E-state index in [4.69, 9.17) is 0 Å². The smallest absolute Gasteiger partial charge is 0.271 e. The van der Waals surface area contributed by atoms with Gasteiger partial charge in [0.2, 0.25) is 0 Å². The summed E-state index contributed by atoms with van der Waals surface area (Å²) in [5, 5.41) is 26.8. The molecule has 178 valence electrons. The number of aliphatic hydroxyl groups excluding tert-OH is 1. The molecule has 4 N–H and O–H groups in total. The Morgan fingerprint density at radius 1 is 1.06 bits per heavy atom. The van der Waals surface area contributed by atoms with Crippen LogP contribution in [0.4, 0.5) is 0 Å². The van der Waals surface area contributed by atoms with Crippen LogP contribution < -0.4 is 10.7 Å². The maximum Gasteiger partial charge on any atom is 0.271 e. The van der Waals surface area contributed by atoms with E-state index in [0.717, 1.165) is 37.0 Å². The maximum absolute atomic E-state index is 13.0. The Hall–Kier alpha value is -3.26. The Balaban J connectivity index is 1.21. The van der Waals surface area contributed by atoms with Crippen LogP contribution in [0.25, 0.3) is 0 Å². The number of hydrazone groups is 1. The van der Waals surface area contributed by atoms with Gasteiger partial charge >= 0.3 is 0 Å². The molecule has 34 heavy (non-hydrogen) atoms. The summed E-state index contributed by atoms with van der Waals surface area (Å²) in [6.45, 7) is 1.32. The lowest BCUT2D eigenvalue weighted by Gasteiger charge is -2.56. The SMILES string of the molecule is Cc1ncc(CO)c(/C=N/NC(=O)c2ccc(C(=O)NC34CC5CC(CC(C5)C3)C4)cc2)c1O. The van der Waals surface area contributed by atoms with E-state index in [1.165, 1.54) is 31.7 Å². The van der Waals surface area contributed by atoms with Crippen molar-refractivity contribution in [1.82, 2.24) is 15.7 Å². The summed E-state index contributed by atoms with van der Waals surface area (Å²) in [5.74, 6) is 1.64. The van der Waals surface area contributed by atoms with Crippen molar-refractivity contribution in [3.8, 4) is 5.75 Å². The number of aliphatic hydroxyl groups is 1. The van der Waals surface area contributed by atoms with E-state index in [1.54, 1.807) is 31.2 Å². The van der Waals surface area contributed by atoms with E-state index < -0.39 is 5.91 Å². The summed E-state index contributed by atoms with van der Waals surface area (Å²) in [7, 11) is 0. The molecule has 8 heteroatoms. The Bertz CT molecular complexity index is 1110. The Morgan fingerprint density at radius 2 is 1.62 bits per heavy atom. The predicted octanol–water partition coefficient (Wildman–Crippen LogP) is 3.05. The molecule has 2 amide bonds. The van der Waals surface area contributed by atoms with Crippen LogP contribution in [-0.4, -0.2) is 38.8 Å². The number of amides is 2. The number of aryl methyl sites for hydroxylation is 1. The minimum Gasteiger partial charge on any atom is -0.505 e. The highest BCUT2D eigenvalue weighted by Gasteiger charge is 2.51. The van der Waals surface area contributed by atoms with Crippen molar-refractivity contribution in [2.75, 3.05) is 0 Å². The van der Waals surface area contributed by atoms with Gasteiger partial charge in [0.15, 0.2) is 0 Å². The quantitative estimate of drug-likeness (QED) is 0.388. The fourth-order valence-electron chi connectivity index (χ4n) is 6.49. The third-order valence-corrected chi connectivity index (χ3v) is 7.71. The number of hydrogen-bond acceptors (Lipinski definition) is 6. The van der Waals surface area contributed by atoms with Gasteiger partial charge in [0.25, 0.3) is 11.8 Å². The van der Waals surface area contributed by atoms with E-state index in [1.807, 2.05) is 0 Å². The van der Waals surface area contributed by atoms with Crippen molar-refractivity contribution < 1.29 is 19.8 Å². The molecule has 4 aliphatic carbocycles. The van der Waals surface area contributed by atoms with Gasteiger partial charge in [-0.2, -0.15) is 5.10 Å². The minimum atomic E-state index is -0.444. The summed E-state index contributed by atoms with van der Waals surface area (Å²) in [6, 6.07) is 6.53. The summed E-state index contributed by atoms with van der Waals surface area (Å²) in [4.78, 5) is 29.4. The molecule has 4 fully saturated rings. The van der Waals surface area contributed by atoms with E-state index >= 15 is 0 Å². The molecule has 0 atom stereocenters. The zero-order chi connectivity index (χ0) is 23.9. The molecule has 4 bridgehead atoms. The molecule has 0 radical (unpaired) electrons. The Kier molecular flexibility index (Phi) is 5.85. The van der Waals surface area contributed by atoms with Crippen LogP contribution in [0, 0.1) is 24.7 Å². The van der Waals surface area contributed by atoms with Crippen molar-refractivity contribution in [3.05, 3.63) is 58.4 Å². The minimum absolute atomic E-state index is 0.0547. The first-order valence-electron chi connectivity index (χ1n) is 11.9. The first kappa shape index (κ1) is 22.5. The van der Waals surface area contributed by atoms with Gasteiger partial charge in [0.05, 0.1) is 18.5 Å². The lowest BCUT2D eigenvalue weighted by molar-refractivity contribution is -0.0167. The topological polar surface area (TPSA) is 124 Å². The second-order valence-corrected chi connectivity index (χ2v) is 10.2. The van der Waals surface area contributed by atoms with Crippen LogP contribution in [0.15, 0.2) is 35.6 Å². The molecule has 0 saturated heterocycles. The average molecular weight is 463 g/mol. The highest BCUT2D eigenvalue weighted by molar-refractivity contribution is 5.98. The maximum atomic E-state index is 13.0. The van der Waals surface area contributed by atoms with Gasteiger partial charge in [-0.05, 0) is 87.5 Å². The highest BCUT2D eigenvalue weighted by Crippen LogP contribution is 2.55. The third-order valence-electron chi connectivity index (χ3n) is 7.71. The van der Waals surface area contributed by atoms with Crippen molar-refractivity contribution in [3.63, 3.8) is 0 Å². The van der Waals surface area contributed by atoms with E-state index in [-0.39, 0.29) is 23.8 Å². The lowest BCUT2D eigenvalue weighted by atomic mass is 9.53. The van der Waals surface area contributed by atoms with E-state index in [2.05, 4.69) is 20.8 Å². The van der Waals surface area contributed by atoms with Gasteiger partial charge in [0, 0.05) is 34.0 Å². The van der Waals surface area contributed by atoms with E-state index in [9.17, 15) is 19.8 Å². The number of benzene rings is 1. The van der Waals surface area contributed by atoms with Crippen molar-refractivity contribution in [1.29, 1.82) is 0 Å². The number of pyridine rings is 1. The molecule has 8 nitrogen and oxygen atoms in total. The van der Waals surface area contributed by atoms with Gasteiger partial charge in [-0.15, -0.1) is 0 Å². The van der Waals surface area contributed by atoms with Crippen LogP contribution in [0.2, 0.25) is 0 Å². The van der Waals surface area contributed by atoms with Gasteiger partial charge in [0.1, 0.15) is 5.75 Å². The molecule has 1 heterocycles. The predicted molar refractivity (Wildman–Crippen MR) is 126 cm³/mol. The summed E-state index contributed by atoms with van der Waals surface area (Å²) in [5.41, 5.74) is 4.36. The number of aromatic nitrogens is 1. The van der Waals surface area contributed by atoms with Gasteiger partial charge in [-0.25, -0.2) is 5.43 Å². The Labute approximate surface area is 198 Å². The number of carbonyl (C=O) groups is 2. The molecule has 2 aromatic rings. The van der Waals surface area contributed by atoms with Crippen molar-refractivity contribution >= 4 is 18.0 Å². The van der Waals surface area contributed by atoms with Crippen molar-refractivity contribution in [2.24, 2.45) is 22.9 Å². The largest absolute Gasteiger partial charge is 0.505 e. The number of aromatic hydroxyl groups is 1. The molecule has 1 aromatic carbocycles. The molecule has 6 rings (SSSR count). The normalized spacial score (nSPS) is 27.2. The monoisotopic (exact) mass is 462 g/mol. The van der Waals surface area contributed by atoms with Crippen LogP contribution in [0.5, 0.6) is 5.75 Å². The molecule has 0 spiro atoms. The van der Waals surface area contributed by atoms with Crippen LogP contribution >= 0.6 is 0 Å². The zero-order valence-corrected chi connectivity index (χ0v) is 19.3. The molecule has 4 saturated carbocycles. The number of nitrogens with zero attached hydrogens (tertiary/aromatic N) is 2. The lowest BCUT2D eigenvalue weighted by Crippen LogP contribution is -2.59. The van der Waals surface area contributed by atoms with E-state index in [0.29, 0.717) is 27.9 Å². The molecule has 0 unspecified atom stereocenters. The van der Waals surface area contributed by atoms with Crippen molar-refractivity contribution in [2.45, 2.75) is 57.6 Å². The van der Waals surface area contributed by atoms with Gasteiger partial charge < -0.3 is 15.5 Å². The molecular weight excluding hydrogens is 432 g/mol. The van der Waals surface area contributed by atoms with Gasteiger partial charge in [-0.1, -0.05) is 0 Å². The number of carbonyl (C=O) groups excluding carboxylic acids is 2. The zero-order valence-electron chi connectivity index (χ0n) is 19.3. The number of rotatable bonds is 6. The first-order valence-corrected chi connectivity index (χ1v) is 11.9.